The van der Waals surface area contributed by atoms with E-state index >= 15 is 0 Å². The summed E-state index contributed by atoms with van der Waals surface area (Å²) in [6, 6.07) is 8.98. The Labute approximate surface area is 169 Å². The number of ether oxygens (including phenoxy) is 1. The molecule has 0 spiro atoms. The Hall–Kier alpha value is -3.69. The van der Waals surface area contributed by atoms with Gasteiger partial charge in [0.25, 0.3) is 5.56 Å². The van der Waals surface area contributed by atoms with Gasteiger partial charge in [0.2, 0.25) is 0 Å². The van der Waals surface area contributed by atoms with Gasteiger partial charge in [-0.3, -0.25) is 9.36 Å². The maximum absolute atomic E-state index is 13.2. The molecule has 0 aliphatic heterocycles. The molecule has 3 rings (SSSR count). The van der Waals surface area contributed by atoms with Crippen LogP contribution in [0.25, 0.3) is 16.6 Å². The number of carbonyl (C=O) groups excluding carboxylic acids is 1. The lowest BCUT2D eigenvalue weighted by Gasteiger charge is -2.18. The highest BCUT2D eigenvalue weighted by Gasteiger charge is 2.27. The number of nitrogens with two attached hydrogens (primary N) is 2. The molecule has 0 aliphatic rings. The number of rotatable bonds is 4. The van der Waals surface area contributed by atoms with Gasteiger partial charge in [0.05, 0.1) is 24.0 Å². The van der Waals surface area contributed by atoms with Crippen LogP contribution in [0.15, 0.2) is 41.2 Å². The number of hydrogen-bond acceptors (Lipinski definition) is 6. The van der Waals surface area contributed by atoms with Gasteiger partial charge in [-0.15, -0.1) is 0 Å². The molecule has 0 saturated carbocycles. The number of halogens is 3. The van der Waals surface area contributed by atoms with Gasteiger partial charge in [0.15, 0.2) is 0 Å². The minimum absolute atomic E-state index is 0.117. The predicted octanol–water partition coefficient (Wildman–Crippen LogP) is 3.22. The zero-order valence-electron chi connectivity index (χ0n) is 16.1. The van der Waals surface area contributed by atoms with Gasteiger partial charge in [-0.05, 0) is 48.9 Å². The van der Waals surface area contributed by atoms with Crippen LogP contribution < -0.4 is 22.3 Å². The van der Waals surface area contributed by atoms with E-state index in [-0.39, 0.29) is 22.5 Å². The second kappa shape index (κ2) is 7.62. The fourth-order valence-electron chi connectivity index (χ4n) is 3.20. The number of nitrogens with one attached hydrogen (secondary N) is 1. The largest absolute Gasteiger partial charge is 0.465 e. The van der Waals surface area contributed by atoms with E-state index in [1.165, 1.54) is 22.8 Å². The number of benzene rings is 2. The van der Waals surface area contributed by atoms with Crippen molar-refractivity contribution in [2.75, 3.05) is 30.4 Å². The Morgan fingerprint density at radius 1 is 1.17 bits per heavy atom. The molecule has 7 nitrogen and oxygen atoms in total. The first kappa shape index (κ1) is 21.0. The van der Waals surface area contributed by atoms with Crippen molar-refractivity contribution in [1.82, 2.24) is 4.57 Å². The monoisotopic (exact) mass is 420 g/mol. The molecule has 0 unspecified atom stereocenters. The van der Waals surface area contributed by atoms with Crippen LogP contribution in [0.1, 0.15) is 15.9 Å². The van der Waals surface area contributed by atoms with Crippen molar-refractivity contribution in [3.05, 3.63) is 57.9 Å². The summed E-state index contributed by atoms with van der Waals surface area (Å²) in [6.07, 6.45) is -4.42. The molecule has 0 aliphatic carbocycles. The number of aromatic nitrogens is 1. The summed E-state index contributed by atoms with van der Waals surface area (Å²) >= 11 is 0. The topological polar surface area (TPSA) is 112 Å². The van der Waals surface area contributed by atoms with Crippen LogP contribution in [0.3, 0.4) is 0 Å². The van der Waals surface area contributed by atoms with E-state index in [0.29, 0.717) is 22.3 Å². The Kier molecular flexibility index (Phi) is 5.34. The first-order valence-electron chi connectivity index (χ1n) is 8.77. The molecule has 158 valence electrons. The number of carbonyl (C=O) groups is 1. The molecule has 10 heteroatoms. The standard InChI is InChI=1S/C20H19F3N4O3/c1-10-7-11(24)3-6-14(10)27-15-8-12(26-9-20(21,22)23)4-5-13(15)17(25)16(18(27)28)19(29)30-2/h3-8,26H,9,24-25H2,1-2H3. The molecular weight excluding hydrogens is 401 g/mol. The average molecular weight is 420 g/mol. The van der Waals surface area contributed by atoms with Crippen molar-refractivity contribution in [2.45, 2.75) is 13.1 Å². The lowest BCUT2D eigenvalue weighted by atomic mass is 10.1. The number of nitrogens with zero attached hydrogens (tertiary/aromatic N) is 1. The second-order valence-electron chi connectivity index (χ2n) is 6.67. The van der Waals surface area contributed by atoms with Crippen molar-refractivity contribution < 1.29 is 22.7 Å². The number of fused-ring (bicyclic) bond motifs is 1. The molecule has 1 heterocycles. The smallest absolute Gasteiger partial charge is 0.405 e. The van der Waals surface area contributed by atoms with Gasteiger partial charge in [-0.1, -0.05) is 0 Å². The number of esters is 1. The fraction of sp³-hybridized carbons (Fsp3) is 0.200. The molecule has 0 amide bonds. The van der Waals surface area contributed by atoms with Gasteiger partial charge in [0, 0.05) is 16.8 Å². The van der Waals surface area contributed by atoms with E-state index < -0.39 is 24.2 Å². The number of anilines is 3. The summed E-state index contributed by atoms with van der Waals surface area (Å²) in [5, 5.41) is 2.58. The predicted molar refractivity (Wildman–Crippen MR) is 109 cm³/mol. The molecule has 0 radical (unpaired) electrons. The second-order valence-corrected chi connectivity index (χ2v) is 6.67. The van der Waals surface area contributed by atoms with Crippen LogP contribution in [0, 0.1) is 6.92 Å². The Bertz CT molecular complexity index is 1200. The average Bonchev–Trinajstić information content (AvgIpc) is 2.67. The zero-order valence-corrected chi connectivity index (χ0v) is 16.1. The van der Waals surface area contributed by atoms with Crippen LogP contribution in [-0.4, -0.2) is 30.4 Å². The highest BCUT2D eigenvalue weighted by Crippen LogP contribution is 2.29. The van der Waals surface area contributed by atoms with Gasteiger partial charge in [-0.2, -0.15) is 13.2 Å². The van der Waals surface area contributed by atoms with Crippen LogP contribution in [-0.2, 0) is 4.74 Å². The molecule has 0 bridgehead atoms. The highest BCUT2D eigenvalue weighted by molar-refractivity contribution is 6.05. The third kappa shape index (κ3) is 3.88. The molecule has 0 fully saturated rings. The van der Waals surface area contributed by atoms with E-state index in [9.17, 15) is 22.8 Å². The molecular formula is C20H19F3N4O3. The Morgan fingerprint density at radius 3 is 2.47 bits per heavy atom. The number of aryl methyl sites for hydroxylation is 1. The molecule has 5 N–H and O–H groups in total. The number of hydrogen-bond donors (Lipinski definition) is 3. The van der Waals surface area contributed by atoms with E-state index in [2.05, 4.69) is 5.32 Å². The van der Waals surface area contributed by atoms with Crippen molar-refractivity contribution >= 4 is 33.9 Å². The third-order valence-corrected chi connectivity index (χ3v) is 4.56. The molecule has 30 heavy (non-hydrogen) atoms. The van der Waals surface area contributed by atoms with Gasteiger partial charge in [0.1, 0.15) is 12.1 Å². The number of methoxy groups -OCH3 is 1. The quantitative estimate of drug-likeness (QED) is 0.441. The summed E-state index contributed by atoms with van der Waals surface area (Å²) in [5.41, 5.74) is 12.5. The van der Waals surface area contributed by atoms with Crippen LogP contribution in [0.4, 0.5) is 30.2 Å². The van der Waals surface area contributed by atoms with Crippen LogP contribution in [0.5, 0.6) is 0 Å². The van der Waals surface area contributed by atoms with E-state index in [1.54, 1.807) is 25.1 Å². The zero-order chi connectivity index (χ0) is 22.2. The van der Waals surface area contributed by atoms with Crippen LogP contribution >= 0.6 is 0 Å². The van der Waals surface area contributed by atoms with Crippen molar-refractivity contribution in [3.8, 4) is 5.69 Å². The summed E-state index contributed by atoms with van der Waals surface area (Å²) in [7, 11) is 1.12. The molecule has 3 aromatic rings. The Balaban J connectivity index is 2.36. The van der Waals surface area contributed by atoms with Gasteiger partial charge < -0.3 is 21.5 Å². The number of nitrogen functional groups attached to an aromatic ring is 2. The normalized spacial score (nSPS) is 11.5. The van der Waals surface area contributed by atoms with E-state index in [4.69, 9.17) is 16.2 Å². The molecule has 2 aromatic carbocycles. The van der Waals surface area contributed by atoms with E-state index in [1.807, 2.05) is 0 Å². The summed E-state index contributed by atoms with van der Waals surface area (Å²) < 4.78 is 43.7. The first-order chi connectivity index (χ1) is 14.0. The lowest BCUT2D eigenvalue weighted by Crippen LogP contribution is -2.29. The van der Waals surface area contributed by atoms with Crippen LogP contribution in [0.2, 0.25) is 0 Å². The number of pyridine rings is 1. The maximum atomic E-state index is 13.2. The van der Waals surface area contributed by atoms with Gasteiger partial charge >= 0.3 is 12.1 Å². The molecule has 0 saturated heterocycles. The first-order valence-corrected chi connectivity index (χ1v) is 8.77. The van der Waals surface area contributed by atoms with Gasteiger partial charge in [-0.25, -0.2) is 4.79 Å². The Morgan fingerprint density at radius 2 is 1.87 bits per heavy atom. The fourth-order valence-corrected chi connectivity index (χ4v) is 3.20. The SMILES string of the molecule is COC(=O)c1c(N)c2ccc(NCC(F)(F)F)cc2n(-c2ccc(N)cc2C)c1=O. The van der Waals surface area contributed by atoms with Crippen molar-refractivity contribution in [1.29, 1.82) is 0 Å². The number of alkyl halides is 3. The molecule has 0 atom stereocenters. The van der Waals surface area contributed by atoms with Crippen molar-refractivity contribution in [2.24, 2.45) is 0 Å². The molecule has 1 aromatic heterocycles. The summed E-state index contributed by atoms with van der Waals surface area (Å²) in [5.74, 6) is -0.916. The summed E-state index contributed by atoms with van der Waals surface area (Å²) in [4.78, 5) is 25.4. The third-order valence-electron chi connectivity index (χ3n) is 4.56. The summed E-state index contributed by atoms with van der Waals surface area (Å²) in [6.45, 7) is 0.462. The lowest BCUT2D eigenvalue weighted by molar-refractivity contribution is -0.115. The minimum atomic E-state index is -4.42. The van der Waals surface area contributed by atoms with E-state index in [0.717, 1.165) is 7.11 Å². The highest BCUT2D eigenvalue weighted by atomic mass is 19.4. The maximum Gasteiger partial charge on any atom is 0.405 e. The minimum Gasteiger partial charge on any atom is -0.465 e. The van der Waals surface area contributed by atoms with Crippen molar-refractivity contribution in [3.63, 3.8) is 0 Å².